The third kappa shape index (κ3) is 2.13. The smallest absolute Gasteiger partial charge is 0.230 e. The topological polar surface area (TPSA) is 33.2 Å². The van der Waals surface area contributed by atoms with Gasteiger partial charge in [0.2, 0.25) is 5.91 Å². The van der Waals surface area contributed by atoms with Crippen LogP contribution in [-0.4, -0.2) is 26.9 Å². The molecule has 3 nitrogen and oxygen atoms in total. The van der Waals surface area contributed by atoms with Gasteiger partial charge in [-0.2, -0.15) is 0 Å². The second kappa shape index (κ2) is 4.37. The molecule has 1 fully saturated rings. The van der Waals surface area contributed by atoms with Gasteiger partial charge in [0.1, 0.15) is 0 Å². The van der Waals surface area contributed by atoms with Gasteiger partial charge in [-0.1, -0.05) is 18.2 Å². The van der Waals surface area contributed by atoms with E-state index in [-0.39, 0.29) is 5.91 Å². The van der Waals surface area contributed by atoms with Gasteiger partial charge in [0.15, 0.2) is 0 Å². The Morgan fingerprint density at radius 3 is 3.18 bits per heavy atom. The van der Waals surface area contributed by atoms with E-state index in [1.54, 1.807) is 6.20 Å². The molecule has 4 heteroatoms. The Hall–Kier alpha value is -1.55. The predicted octanol–water partition coefficient (Wildman–Crippen LogP) is 2.28. The number of aromatic nitrogens is 1. The SMILES string of the molecule is O=C1C[C@H]2SCC(C=Cc3cccnc3)=CN12. The molecule has 0 radical (unpaired) electrons. The number of amides is 1. The highest BCUT2D eigenvalue weighted by Crippen LogP contribution is 2.35. The van der Waals surface area contributed by atoms with Crippen molar-refractivity contribution >= 4 is 23.7 Å². The largest absolute Gasteiger partial charge is 0.306 e. The van der Waals surface area contributed by atoms with Crippen molar-refractivity contribution in [2.45, 2.75) is 11.8 Å². The Bertz CT molecular complexity index is 495. The number of pyridine rings is 1. The lowest BCUT2D eigenvalue weighted by Gasteiger charge is -2.40. The molecule has 1 amide bonds. The molecule has 17 heavy (non-hydrogen) atoms. The van der Waals surface area contributed by atoms with Gasteiger partial charge in [-0.05, 0) is 17.2 Å². The standard InChI is InChI=1S/C13H12N2OS/c16-12-6-13-15(12)8-11(9-17-13)4-3-10-2-1-5-14-7-10/h1-5,7-8,13H,6,9H2/t13-/m1/s1. The maximum absolute atomic E-state index is 11.3. The van der Waals surface area contributed by atoms with Gasteiger partial charge in [-0.25, -0.2) is 0 Å². The summed E-state index contributed by atoms with van der Waals surface area (Å²) in [5.41, 5.74) is 2.26. The first-order valence-corrected chi connectivity index (χ1v) is 6.59. The van der Waals surface area contributed by atoms with Gasteiger partial charge in [-0.3, -0.25) is 9.78 Å². The summed E-state index contributed by atoms with van der Waals surface area (Å²) in [5, 5.41) is 0.387. The molecule has 0 spiro atoms. The van der Waals surface area contributed by atoms with Crippen LogP contribution in [0.4, 0.5) is 0 Å². The number of hydrogen-bond donors (Lipinski definition) is 0. The summed E-state index contributed by atoms with van der Waals surface area (Å²) < 4.78 is 0. The Labute approximate surface area is 104 Å². The van der Waals surface area contributed by atoms with Crippen LogP contribution in [0.15, 0.2) is 42.4 Å². The van der Waals surface area contributed by atoms with E-state index in [2.05, 4.69) is 11.1 Å². The number of β-lactam (4-membered cyclic amide) rings is 1. The fourth-order valence-corrected chi connectivity index (χ4v) is 3.03. The van der Waals surface area contributed by atoms with Gasteiger partial charge in [0.25, 0.3) is 0 Å². The molecular formula is C13H12N2OS. The van der Waals surface area contributed by atoms with Crippen molar-refractivity contribution in [2.24, 2.45) is 0 Å². The maximum Gasteiger partial charge on any atom is 0.230 e. The minimum atomic E-state index is 0.231. The van der Waals surface area contributed by atoms with E-state index in [0.717, 1.165) is 11.3 Å². The van der Waals surface area contributed by atoms with Crippen molar-refractivity contribution < 1.29 is 4.79 Å². The summed E-state index contributed by atoms with van der Waals surface area (Å²) in [6, 6.07) is 3.93. The van der Waals surface area contributed by atoms with Crippen LogP contribution >= 0.6 is 11.8 Å². The molecule has 0 bridgehead atoms. The summed E-state index contributed by atoms with van der Waals surface area (Å²) in [7, 11) is 0. The van der Waals surface area contributed by atoms with E-state index in [1.165, 1.54) is 5.57 Å². The fraction of sp³-hybridized carbons (Fsp3) is 0.231. The summed E-state index contributed by atoms with van der Waals surface area (Å²) >= 11 is 1.83. The molecule has 1 aromatic heterocycles. The molecule has 0 N–H and O–H groups in total. The minimum absolute atomic E-state index is 0.231. The number of thioether (sulfide) groups is 1. The third-order valence-corrected chi connectivity index (χ3v) is 4.15. The molecule has 1 atom stereocenters. The lowest BCUT2D eigenvalue weighted by atomic mass is 10.1. The Kier molecular flexibility index (Phi) is 2.73. The molecule has 0 unspecified atom stereocenters. The fourth-order valence-electron chi connectivity index (χ4n) is 1.87. The van der Waals surface area contributed by atoms with Gasteiger partial charge < -0.3 is 4.90 Å². The predicted molar refractivity (Wildman–Crippen MR) is 69.1 cm³/mol. The van der Waals surface area contributed by atoms with E-state index in [4.69, 9.17) is 0 Å². The third-order valence-electron chi connectivity index (χ3n) is 2.87. The van der Waals surface area contributed by atoms with E-state index in [0.29, 0.717) is 11.8 Å². The number of allylic oxidation sites excluding steroid dienone is 1. The molecule has 0 aromatic carbocycles. The average molecular weight is 244 g/mol. The summed E-state index contributed by atoms with van der Waals surface area (Å²) in [4.78, 5) is 17.2. The van der Waals surface area contributed by atoms with Crippen molar-refractivity contribution in [3.8, 4) is 0 Å². The van der Waals surface area contributed by atoms with Gasteiger partial charge in [0, 0.05) is 24.3 Å². The molecule has 1 aromatic rings. The number of carbonyl (C=O) groups is 1. The molecule has 0 aliphatic carbocycles. The lowest BCUT2D eigenvalue weighted by molar-refractivity contribution is -0.137. The van der Waals surface area contributed by atoms with Crippen molar-refractivity contribution in [1.82, 2.24) is 9.88 Å². The molecule has 1 saturated heterocycles. The molecule has 3 rings (SSSR count). The van der Waals surface area contributed by atoms with Crippen LogP contribution in [0.25, 0.3) is 6.08 Å². The molecular weight excluding hydrogens is 232 g/mol. The van der Waals surface area contributed by atoms with E-state index >= 15 is 0 Å². The zero-order valence-corrected chi connectivity index (χ0v) is 10.1. The van der Waals surface area contributed by atoms with Gasteiger partial charge in [-0.15, -0.1) is 11.8 Å². The first-order chi connectivity index (χ1) is 8.33. The number of hydrogen-bond acceptors (Lipinski definition) is 3. The average Bonchev–Trinajstić information content (AvgIpc) is 2.37. The Morgan fingerprint density at radius 2 is 2.41 bits per heavy atom. The Morgan fingerprint density at radius 1 is 1.47 bits per heavy atom. The first-order valence-electron chi connectivity index (χ1n) is 5.54. The van der Waals surface area contributed by atoms with Crippen molar-refractivity contribution in [2.75, 3.05) is 5.75 Å². The second-order valence-corrected chi connectivity index (χ2v) is 5.26. The number of carbonyl (C=O) groups excluding carboxylic acids is 1. The van der Waals surface area contributed by atoms with Crippen LogP contribution in [0.3, 0.4) is 0 Å². The van der Waals surface area contributed by atoms with Crippen LogP contribution < -0.4 is 0 Å². The van der Waals surface area contributed by atoms with E-state index in [1.807, 2.05) is 47.3 Å². The zero-order valence-electron chi connectivity index (χ0n) is 9.24. The highest BCUT2D eigenvalue weighted by Gasteiger charge is 2.37. The quantitative estimate of drug-likeness (QED) is 0.748. The lowest BCUT2D eigenvalue weighted by Crippen LogP contribution is -2.48. The van der Waals surface area contributed by atoms with Crippen LogP contribution in [0.1, 0.15) is 12.0 Å². The van der Waals surface area contributed by atoms with E-state index in [9.17, 15) is 4.79 Å². The second-order valence-electron chi connectivity index (χ2n) is 4.09. The molecule has 86 valence electrons. The number of rotatable bonds is 2. The number of fused-ring (bicyclic) bond motifs is 1. The minimum Gasteiger partial charge on any atom is -0.306 e. The normalized spacial score (nSPS) is 23.3. The zero-order chi connectivity index (χ0) is 11.7. The van der Waals surface area contributed by atoms with Crippen LogP contribution in [-0.2, 0) is 4.79 Å². The van der Waals surface area contributed by atoms with Gasteiger partial charge in [0.05, 0.1) is 11.8 Å². The molecule has 0 saturated carbocycles. The maximum atomic E-state index is 11.3. The van der Waals surface area contributed by atoms with E-state index < -0.39 is 0 Å². The first kappa shape index (κ1) is 10.6. The van der Waals surface area contributed by atoms with Crippen molar-refractivity contribution in [1.29, 1.82) is 0 Å². The highest BCUT2D eigenvalue weighted by molar-refractivity contribution is 8.00. The van der Waals surface area contributed by atoms with Crippen molar-refractivity contribution in [3.63, 3.8) is 0 Å². The van der Waals surface area contributed by atoms with Crippen LogP contribution in [0.5, 0.6) is 0 Å². The molecule has 3 heterocycles. The monoisotopic (exact) mass is 244 g/mol. The highest BCUT2D eigenvalue weighted by atomic mass is 32.2. The summed E-state index contributed by atoms with van der Waals surface area (Å²) in [6.07, 6.45) is 10.3. The van der Waals surface area contributed by atoms with Crippen LogP contribution in [0.2, 0.25) is 0 Å². The van der Waals surface area contributed by atoms with Gasteiger partial charge >= 0.3 is 0 Å². The molecule has 2 aliphatic rings. The summed E-state index contributed by atoms with van der Waals surface area (Å²) in [6.45, 7) is 0. The Balaban J connectivity index is 1.74. The molecule has 2 aliphatic heterocycles. The van der Waals surface area contributed by atoms with Crippen LogP contribution in [0, 0.1) is 0 Å². The number of nitrogens with zero attached hydrogens (tertiary/aromatic N) is 2. The van der Waals surface area contributed by atoms with Crippen molar-refractivity contribution in [3.05, 3.63) is 47.9 Å². The summed E-state index contributed by atoms with van der Waals surface area (Å²) in [5.74, 6) is 1.21.